The molecule has 5 heteroatoms. The number of hydrogen-bond acceptors (Lipinski definition) is 2. The van der Waals surface area contributed by atoms with Crippen LogP contribution in [0.5, 0.6) is 0 Å². The number of aromatic nitrogens is 1. The van der Waals surface area contributed by atoms with Crippen molar-refractivity contribution in [1.82, 2.24) is 4.98 Å². The van der Waals surface area contributed by atoms with E-state index in [1.807, 2.05) is 0 Å². The summed E-state index contributed by atoms with van der Waals surface area (Å²) in [6, 6.07) is 1.48. The van der Waals surface area contributed by atoms with Crippen LogP contribution in [0.25, 0.3) is 0 Å². The molecule has 11 heavy (non-hydrogen) atoms. The molecular weight excluding hydrogens is 218 g/mol. The van der Waals surface area contributed by atoms with Gasteiger partial charge in [-0.1, -0.05) is 0 Å². The molecule has 1 aromatic rings. The molecule has 0 atom stereocenters. The molecule has 0 saturated heterocycles. The van der Waals surface area contributed by atoms with Crippen LogP contribution >= 0.6 is 15.9 Å². The first kappa shape index (κ1) is 8.08. The van der Waals surface area contributed by atoms with Crippen LogP contribution in [-0.4, -0.2) is 4.98 Å². The minimum absolute atomic E-state index is 0.357. The predicted molar refractivity (Wildman–Crippen MR) is 36.6 cm³/mol. The molecule has 0 aliphatic carbocycles. The largest absolute Gasteiger partial charge is 0.239 e. The SMILES string of the molecule is N#Cc1ncc(F)c(Br)c1F. The van der Waals surface area contributed by atoms with Crippen molar-refractivity contribution in [3.05, 3.63) is 28.0 Å². The standard InChI is InChI=1S/C6HBrF2N2/c7-5-3(8)2-11-4(1-10)6(5)9/h2H. The van der Waals surface area contributed by atoms with Crippen molar-refractivity contribution in [2.75, 3.05) is 0 Å². The van der Waals surface area contributed by atoms with Crippen molar-refractivity contribution in [3.8, 4) is 6.07 Å². The third-order valence-electron chi connectivity index (χ3n) is 1.02. The Kier molecular flexibility index (Phi) is 2.15. The summed E-state index contributed by atoms with van der Waals surface area (Å²) in [5.74, 6) is -1.78. The van der Waals surface area contributed by atoms with Crippen LogP contribution in [0.1, 0.15) is 5.69 Å². The summed E-state index contributed by atoms with van der Waals surface area (Å²) in [6.45, 7) is 0. The lowest BCUT2D eigenvalue weighted by Crippen LogP contribution is -1.93. The summed E-state index contributed by atoms with van der Waals surface area (Å²) in [5.41, 5.74) is -0.418. The Morgan fingerprint density at radius 1 is 1.55 bits per heavy atom. The first-order valence-electron chi connectivity index (χ1n) is 2.56. The average molecular weight is 219 g/mol. The van der Waals surface area contributed by atoms with Crippen LogP contribution in [0.15, 0.2) is 10.7 Å². The van der Waals surface area contributed by atoms with Crippen LogP contribution in [0, 0.1) is 23.0 Å². The molecule has 0 spiro atoms. The van der Waals surface area contributed by atoms with Crippen molar-refractivity contribution in [2.45, 2.75) is 0 Å². The van der Waals surface area contributed by atoms with Gasteiger partial charge in [-0.3, -0.25) is 0 Å². The lowest BCUT2D eigenvalue weighted by Gasteiger charge is -1.95. The molecule has 0 amide bonds. The first-order chi connectivity index (χ1) is 5.16. The molecule has 0 radical (unpaired) electrons. The van der Waals surface area contributed by atoms with E-state index in [-0.39, 0.29) is 4.47 Å². The highest BCUT2D eigenvalue weighted by molar-refractivity contribution is 9.10. The number of rotatable bonds is 0. The zero-order valence-corrected chi connectivity index (χ0v) is 6.69. The van der Waals surface area contributed by atoms with Crippen molar-refractivity contribution < 1.29 is 8.78 Å². The van der Waals surface area contributed by atoms with E-state index in [0.717, 1.165) is 6.20 Å². The van der Waals surface area contributed by atoms with Crippen molar-refractivity contribution in [3.63, 3.8) is 0 Å². The molecule has 1 aromatic heterocycles. The van der Waals surface area contributed by atoms with Crippen LogP contribution in [0.4, 0.5) is 8.78 Å². The summed E-state index contributed by atoms with van der Waals surface area (Å²) in [6.07, 6.45) is 0.783. The van der Waals surface area contributed by atoms with Crippen LogP contribution in [0.2, 0.25) is 0 Å². The van der Waals surface area contributed by atoms with E-state index in [9.17, 15) is 8.78 Å². The van der Waals surface area contributed by atoms with Crippen molar-refractivity contribution >= 4 is 15.9 Å². The zero-order valence-electron chi connectivity index (χ0n) is 5.11. The summed E-state index contributed by atoms with van der Waals surface area (Å²) >= 11 is 2.63. The van der Waals surface area contributed by atoms with Crippen molar-refractivity contribution in [1.29, 1.82) is 5.26 Å². The maximum absolute atomic E-state index is 12.7. The molecule has 0 aliphatic heterocycles. The van der Waals surface area contributed by atoms with Gasteiger partial charge in [-0.25, -0.2) is 13.8 Å². The monoisotopic (exact) mass is 218 g/mol. The fraction of sp³-hybridized carbons (Fsp3) is 0. The molecule has 2 nitrogen and oxygen atoms in total. The number of halogens is 3. The molecule has 0 bridgehead atoms. The Hall–Kier alpha value is -1.02. The zero-order chi connectivity index (χ0) is 8.43. The lowest BCUT2D eigenvalue weighted by atomic mass is 10.3. The Morgan fingerprint density at radius 3 is 2.73 bits per heavy atom. The molecule has 56 valence electrons. The highest BCUT2D eigenvalue weighted by Crippen LogP contribution is 2.19. The molecule has 0 fully saturated rings. The summed E-state index contributed by atoms with van der Waals surface area (Å²) < 4.78 is 24.8. The van der Waals surface area contributed by atoms with E-state index in [1.165, 1.54) is 6.07 Å². The Bertz CT molecular complexity index is 332. The van der Waals surface area contributed by atoms with E-state index in [0.29, 0.717) is 0 Å². The molecule has 0 aromatic carbocycles. The fourth-order valence-corrected chi connectivity index (χ4v) is 0.811. The summed E-state index contributed by atoms with van der Waals surface area (Å²) in [4.78, 5) is 3.22. The van der Waals surface area contributed by atoms with E-state index in [1.54, 1.807) is 0 Å². The second kappa shape index (κ2) is 2.93. The summed E-state index contributed by atoms with van der Waals surface area (Å²) in [5, 5.41) is 8.24. The van der Waals surface area contributed by atoms with Crippen LogP contribution in [0.3, 0.4) is 0 Å². The maximum atomic E-state index is 12.7. The van der Waals surface area contributed by atoms with E-state index in [2.05, 4.69) is 20.9 Å². The number of hydrogen-bond donors (Lipinski definition) is 0. The van der Waals surface area contributed by atoms with Gasteiger partial charge in [0.05, 0.1) is 10.7 Å². The normalized spacial score (nSPS) is 9.27. The number of nitriles is 1. The molecule has 1 rings (SSSR count). The second-order valence-corrected chi connectivity index (χ2v) is 2.49. The van der Waals surface area contributed by atoms with Gasteiger partial charge in [0.2, 0.25) is 0 Å². The smallest absolute Gasteiger partial charge is 0.177 e. The average Bonchev–Trinajstić information content (AvgIpc) is 2.01. The van der Waals surface area contributed by atoms with Gasteiger partial charge >= 0.3 is 0 Å². The Morgan fingerprint density at radius 2 is 2.18 bits per heavy atom. The Balaban J connectivity index is 3.40. The predicted octanol–water partition coefficient (Wildman–Crippen LogP) is 1.99. The minimum Gasteiger partial charge on any atom is -0.239 e. The van der Waals surface area contributed by atoms with Gasteiger partial charge in [-0.05, 0) is 15.9 Å². The highest BCUT2D eigenvalue weighted by atomic mass is 79.9. The van der Waals surface area contributed by atoms with Crippen LogP contribution in [-0.2, 0) is 0 Å². The van der Waals surface area contributed by atoms with Crippen molar-refractivity contribution in [2.24, 2.45) is 0 Å². The van der Waals surface area contributed by atoms with Gasteiger partial charge < -0.3 is 0 Å². The molecular formula is C6HBrF2N2. The van der Waals surface area contributed by atoms with Crippen LogP contribution < -0.4 is 0 Å². The molecule has 0 unspecified atom stereocenters. The number of pyridine rings is 1. The highest BCUT2D eigenvalue weighted by Gasteiger charge is 2.11. The van der Waals surface area contributed by atoms with Gasteiger partial charge in [0, 0.05) is 0 Å². The minimum atomic E-state index is -0.965. The molecule has 0 N–H and O–H groups in total. The van der Waals surface area contributed by atoms with Gasteiger partial charge in [-0.2, -0.15) is 5.26 Å². The summed E-state index contributed by atoms with van der Waals surface area (Å²) in [7, 11) is 0. The lowest BCUT2D eigenvalue weighted by molar-refractivity contribution is 0.558. The maximum Gasteiger partial charge on any atom is 0.177 e. The number of nitrogens with zero attached hydrogens (tertiary/aromatic N) is 2. The fourth-order valence-electron chi connectivity index (χ4n) is 0.521. The van der Waals surface area contributed by atoms with Gasteiger partial charge in [-0.15, -0.1) is 0 Å². The molecule has 1 heterocycles. The van der Waals surface area contributed by atoms with E-state index < -0.39 is 17.3 Å². The molecule has 0 aliphatic rings. The second-order valence-electron chi connectivity index (χ2n) is 1.69. The van der Waals surface area contributed by atoms with E-state index in [4.69, 9.17) is 5.26 Å². The van der Waals surface area contributed by atoms with Gasteiger partial charge in [0.1, 0.15) is 6.07 Å². The first-order valence-corrected chi connectivity index (χ1v) is 3.35. The quantitative estimate of drug-likeness (QED) is 0.668. The van der Waals surface area contributed by atoms with E-state index >= 15 is 0 Å². The third-order valence-corrected chi connectivity index (χ3v) is 1.75. The van der Waals surface area contributed by atoms with Gasteiger partial charge in [0.25, 0.3) is 0 Å². The third kappa shape index (κ3) is 1.35. The molecule has 0 saturated carbocycles. The van der Waals surface area contributed by atoms with Gasteiger partial charge in [0.15, 0.2) is 17.3 Å². The Labute approximate surface area is 69.6 Å². The topological polar surface area (TPSA) is 36.7 Å².